The fourth-order valence-corrected chi connectivity index (χ4v) is 5.47. The Morgan fingerprint density at radius 2 is 1.69 bits per heavy atom. The van der Waals surface area contributed by atoms with Gasteiger partial charge in [0.15, 0.2) is 6.61 Å². The first-order chi connectivity index (χ1) is 21.7. The molecule has 3 aromatic rings. The van der Waals surface area contributed by atoms with E-state index < -0.39 is 6.03 Å². The van der Waals surface area contributed by atoms with Crippen molar-refractivity contribution in [3.8, 4) is 5.75 Å². The number of hydrogen-bond acceptors (Lipinski definition) is 6. The number of halogens is 1. The molecule has 0 aliphatic heterocycles. The highest BCUT2D eigenvalue weighted by atomic mass is 35.5. The number of carbonyl (C=O) groups excluding carboxylic acids is 4. The van der Waals surface area contributed by atoms with Crippen LogP contribution in [0.25, 0.3) is 0 Å². The van der Waals surface area contributed by atoms with E-state index in [2.05, 4.69) is 10.6 Å². The van der Waals surface area contributed by atoms with Crippen molar-refractivity contribution in [1.29, 1.82) is 0 Å². The van der Waals surface area contributed by atoms with Gasteiger partial charge in [0, 0.05) is 30.0 Å². The average Bonchev–Trinajstić information content (AvgIpc) is 3.56. The van der Waals surface area contributed by atoms with Crippen LogP contribution in [0, 0.1) is 5.92 Å². The number of anilines is 3. The number of carbonyl (C=O) groups is 4. The molecule has 0 spiro atoms. The second-order valence-corrected chi connectivity index (χ2v) is 11.4. The summed E-state index contributed by atoms with van der Waals surface area (Å²) in [6.07, 6.45) is 5.51. The molecule has 0 unspecified atom stereocenters. The molecular weight excluding hydrogens is 596 g/mol. The largest absolute Gasteiger partial charge is 0.482 e. The molecule has 3 aromatic carbocycles. The number of nitrogens with zero attached hydrogens (tertiary/aromatic N) is 2. The Balaban J connectivity index is 1.42. The summed E-state index contributed by atoms with van der Waals surface area (Å²) >= 11 is 6.09. The maximum atomic E-state index is 13.6. The third-order valence-corrected chi connectivity index (χ3v) is 8.01. The molecule has 1 fully saturated rings. The highest BCUT2D eigenvalue weighted by molar-refractivity contribution is 6.30. The van der Waals surface area contributed by atoms with Gasteiger partial charge >= 0.3 is 12.0 Å². The van der Waals surface area contributed by atoms with Crippen LogP contribution in [0.2, 0.25) is 5.02 Å². The molecule has 0 atom stereocenters. The lowest BCUT2D eigenvalue weighted by atomic mass is 10.0. The molecule has 0 radical (unpaired) electrons. The Labute approximate surface area is 268 Å². The number of benzene rings is 3. The van der Waals surface area contributed by atoms with Gasteiger partial charge in [-0.3, -0.25) is 14.4 Å². The highest BCUT2D eigenvalue weighted by Crippen LogP contribution is 2.32. The first kappa shape index (κ1) is 33.3. The van der Waals surface area contributed by atoms with E-state index in [1.54, 1.807) is 84.7 Å². The monoisotopic (exact) mass is 634 g/mol. The summed E-state index contributed by atoms with van der Waals surface area (Å²) in [4.78, 5) is 54.0. The average molecular weight is 635 g/mol. The molecule has 1 aliphatic rings. The quantitative estimate of drug-likeness (QED) is 0.229. The molecular formula is C34H39ClN4O6. The SMILES string of the molecule is COC(=O)Cc1cccc(NC(=O)NCC(=O)N(CCC2CCCC2)c2ccccc2OCC(=O)N(C)c2cccc(Cl)c2)c1. The predicted octanol–water partition coefficient (Wildman–Crippen LogP) is 5.83. The maximum absolute atomic E-state index is 13.6. The Morgan fingerprint density at radius 3 is 2.44 bits per heavy atom. The predicted molar refractivity (Wildman–Crippen MR) is 175 cm³/mol. The summed E-state index contributed by atoms with van der Waals surface area (Å²) in [7, 11) is 2.96. The second kappa shape index (κ2) is 16.5. The van der Waals surface area contributed by atoms with Gasteiger partial charge in [-0.2, -0.15) is 0 Å². The molecule has 238 valence electrons. The van der Waals surface area contributed by atoms with Crippen LogP contribution in [0.1, 0.15) is 37.7 Å². The van der Waals surface area contributed by atoms with E-state index >= 15 is 0 Å². The molecule has 0 heterocycles. The summed E-state index contributed by atoms with van der Waals surface area (Å²) in [5.41, 5.74) is 2.32. The van der Waals surface area contributed by atoms with Crippen LogP contribution in [0.15, 0.2) is 72.8 Å². The van der Waals surface area contributed by atoms with Gasteiger partial charge in [0.25, 0.3) is 5.91 Å². The number of likely N-dealkylation sites (N-methyl/N-ethyl adjacent to an activating group) is 1. The summed E-state index contributed by atoms with van der Waals surface area (Å²) in [5, 5.41) is 5.87. The van der Waals surface area contributed by atoms with Crippen LogP contribution in [0.4, 0.5) is 21.9 Å². The lowest BCUT2D eigenvalue weighted by Crippen LogP contribution is -2.42. The zero-order chi connectivity index (χ0) is 32.2. The minimum Gasteiger partial charge on any atom is -0.482 e. The number of ether oxygens (including phenoxy) is 2. The summed E-state index contributed by atoms with van der Waals surface area (Å²) in [5.74, 6) is -0.0839. The molecule has 2 N–H and O–H groups in total. The van der Waals surface area contributed by atoms with Gasteiger partial charge in [0.2, 0.25) is 5.91 Å². The minimum absolute atomic E-state index is 0.0754. The molecule has 10 nitrogen and oxygen atoms in total. The van der Waals surface area contributed by atoms with Gasteiger partial charge in [0.05, 0.1) is 25.8 Å². The number of esters is 1. The van der Waals surface area contributed by atoms with Gasteiger partial charge < -0.3 is 29.9 Å². The molecule has 4 rings (SSSR count). The summed E-state index contributed by atoms with van der Waals surface area (Å²) in [6.45, 7) is -0.0669. The molecule has 0 aromatic heterocycles. The fourth-order valence-electron chi connectivity index (χ4n) is 5.28. The Hall–Kier alpha value is -4.57. The van der Waals surface area contributed by atoms with Gasteiger partial charge in [-0.05, 0) is 60.4 Å². The van der Waals surface area contributed by atoms with Gasteiger partial charge in [-0.25, -0.2) is 4.79 Å². The fraction of sp³-hybridized carbons (Fsp3) is 0.353. The first-order valence-corrected chi connectivity index (χ1v) is 15.4. The van der Waals surface area contributed by atoms with Crippen LogP contribution >= 0.6 is 11.6 Å². The van der Waals surface area contributed by atoms with Crippen molar-refractivity contribution in [1.82, 2.24) is 5.32 Å². The van der Waals surface area contributed by atoms with E-state index in [-0.39, 0.29) is 37.4 Å². The van der Waals surface area contributed by atoms with Crippen LogP contribution in [-0.2, 0) is 25.5 Å². The second-order valence-electron chi connectivity index (χ2n) is 10.9. The number of hydrogen-bond donors (Lipinski definition) is 2. The van der Waals surface area contributed by atoms with E-state index in [0.717, 1.165) is 19.3 Å². The highest BCUT2D eigenvalue weighted by Gasteiger charge is 2.24. The Morgan fingerprint density at radius 1 is 0.933 bits per heavy atom. The van der Waals surface area contributed by atoms with E-state index in [4.69, 9.17) is 21.1 Å². The number of amides is 4. The molecule has 0 bridgehead atoms. The van der Waals surface area contributed by atoms with Gasteiger partial charge in [-0.1, -0.05) is 67.6 Å². The molecule has 0 saturated heterocycles. The Kier molecular flexibility index (Phi) is 12.2. The third kappa shape index (κ3) is 9.97. The summed E-state index contributed by atoms with van der Waals surface area (Å²) in [6, 6.07) is 20.3. The third-order valence-electron chi connectivity index (χ3n) is 7.77. The standard InChI is InChI=1S/C34H39ClN4O6/c1-38(28-14-8-12-26(35)21-28)32(41)23-45-30-16-6-5-15-29(30)39(18-17-24-9-3-4-10-24)31(40)22-36-34(43)37-27-13-7-11-25(19-27)20-33(42)44-2/h5-8,11-16,19,21,24H,3-4,9-10,17-18,20,22-23H2,1-2H3,(H2,36,37,43). The normalized spacial score (nSPS) is 12.7. The number of rotatable bonds is 13. The molecule has 1 saturated carbocycles. The lowest BCUT2D eigenvalue weighted by molar-refractivity contribution is -0.139. The van der Waals surface area contributed by atoms with E-state index in [0.29, 0.717) is 45.9 Å². The number of nitrogens with one attached hydrogen (secondary N) is 2. The molecule has 45 heavy (non-hydrogen) atoms. The van der Waals surface area contributed by atoms with Crippen molar-refractivity contribution in [2.45, 2.75) is 38.5 Å². The first-order valence-electron chi connectivity index (χ1n) is 15.0. The van der Waals surface area contributed by atoms with E-state index in [9.17, 15) is 19.2 Å². The van der Waals surface area contributed by atoms with E-state index in [1.807, 2.05) is 0 Å². The van der Waals surface area contributed by atoms with Crippen LogP contribution in [-0.4, -0.2) is 57.7 Å². The van der Waals surface area contributed by atoms with Crippen LogP contribution in [0.3, 0.4) is 0 Å². The van der Waals surface area contributed by atoms with Crippen molar-refractivity contribution in [2.24, 2.45) is 5.92 Å². The maximum Gasteiger partial charge on any atom is 0.319 e. The topological polar surface area (TPSA) is 117 Å². The molecule has 1 aliphatic carbocycles. The number of para-hydroxylation sites is 2. The minimum atomic E-state index is -0.562. The Bertz CT molecular complexity index is 1490. The van der Waals surface area contributed by atoms with Crippen molar-refractivity contribution in [3.63, 3.8) is 0 Å². The number of urea groups is 1. The van der Waals surface area contributed by atoms with E-state index in [1.165, 1.54) is 24.9 Å². The van der Waals surface area contributed by atoms with Crippen LogP contribution < -0.4 is 25.2 Å². The van der Waals surface area contributed by atoms with Crippen molar-refractivity contribution in [2.75, 3.05) is 49.0 Å². The van der Waals surface area contributed by atoms with Crippen molar-refractivity contribution in [3.05, 3.63) is 83.4 Å². The lowest BCUT2D eigenvalue weighted by Gasteiger charge is -2.27. The zero-order valence-corrected chi connectivity index (χ0v) is 26.3. The molecule has 4 amide bonds. The van der Waals surface area contributed by atoms with Gasteiger partial charge in [-0.15, -0.1) is 0 Å². The van der Waals surface area contributed by atoms with Crippen LogP contribution in [0.5, 0.6) is 5.75 Å². The van der Waals surface area contributed by atoms with Gasteiger partial charge in [0.1, 0.15) is 5.75 Å². The van der Waals surface area contributed by atoms with Crippen molar-refractivity contribution < 1.29 is 28.7 Å². The molecule has 11 heteroatoms. The number of methoxy groups -OCH3 is 1. The zero-order valence-electron chi connectivity index (χ0n) is 25.6. The summed E-state index contributed by atoms with van der Waals surface area (Å²) < 4.78 is 10.7. The smallest absolute Gasteiger partial charge is 0.319 e. The van der Waals surface area contributed by atoms with Crippen molar-refractivity contribution >= 4 is 52.5 Å².